The lowest BCUT2D eigenvalue weighted by atomic mass is 10.1. The van der Waals surface area contributed by atoms with Crippen molar-refractivity contribution in [2.75, 3.05) is 40.3 Å². The van der Waals surface area contributed by atoms with Crippen LogP contribution < -0.4 is 0 Å². The zero-order valence-corrected chi connectivity index (χ0v) is 12.8. The predicted molar refractivity (Wildman–Crippen MR) is 82.3 cm³/mol. The van der Waals surface area contributed by atoms with E-state index in [0.717, 1.165) is 18.7 Å². The standard InChI is InChI=1S/C17H23FN2O/c1-19-6-5-15(11-19)12-20(2)13-16-8-14(4-3-7-21)9-17(18)10-16/h8-10,15,21H,5-7,11-13H2,1-2H3. The highest BCUT2D eigenvalue weighted by molar-refractivity contribution is 5.37. The molecule has 114 valence electrons. The Hall–Kier alpha value is -1.41. The van der Waals surface area contributed by atoms with E-state index < -0.39 is 0 Å². The SMILES string of the molecule is CN1CCC(CN(C)Cc2cc(F)cc(C#CCO)c2)C1. The molecule has 0 aliphatic carbocycles. The lowest BCUT2D eigenvalue weighted by Gasteiger charge is -2.21. The maximum absolute atomic E-state index is 13.6. The fraction of sp³-hybridized carbons (Fsp3) is 0.529. The molecule has 1 fully saturated rings. The Morgan fingerprint density at radius 1 is 1.43 bits per heavy atom. The third-order valence-electron chi connectivity index (χ3n) is 3.78. The summed E-state index contributed by atoms with van der Waals surface area (Å²) in [5.74, 6) is 5.74. The highest BCUT2D eigenvalue weighted by Gasteiger charge is 2.20. The van der Waals surface area contributed by atoms with Crippen molar-refractivity contribution in [2.24, 2.45) is 5.92 Å². The van der Waals surface area contributed by atoms with Gasteiger partial charge in [0.05, 0.1) is 0 Å². The van der Waals surface area contributed by atoms with Crippen molar-refractivity contribution in [2.45, 2.75) is 13.0 Å². The summed E-state index contributed by atoms with van der Waals surface area (Å²) >= 11 is 0. The minimum Gasteiger partial charge on any atom is -0.384 e. The normalized spacial score (nSPS) is 18.8. The third-order valence-corrected chi connectivity index (χ3v) is 3.78. The van der Waals surface area contributed by atoms with Crippen LogP contribution in [0.3, 0.4) is 0 Å². The second-order valence-corrected chi connectivity index (χ2v) is 5.92. The van der Waals surface area contributed by atoms with Crippen molar-refractivity contribution in [3.8, 4) is 11.8 Å². The van der Waals surface area contributed by atoms with E-state index in [1.54, 1.807) is 6.07 Å². The Morgan fingerprint density at radius 3 is 2.90 bits per heavy atom. The number of nitrogens with zero attached hydrogens (tertiary/aromatic N) is 2. The lowest BCUT2D eigenvalue weighted by Crippen LogP contribution is -2.27. The first kappa shape index (κ1) is 16.0. The smallest absolute Gasteiger partial charge is 0.124 e. The summed E-state index contributed by atoms with van der Waals surface area (Å²) in [5, 5.41) is 8.71. The fourth-order valence-corrected chi connectivity index (χ4v) is 2.95. The number of hydrogen-bond donors (Lipinski definition) is 1. The van der Waals surface area contributed by atoms with E-state index in [4.69, 9.17) is 5.11 Å². The van der Waals surface area contributed by atoms with Gasteiger partial charge in [-0.3, -0.25) is 0 Å². The molecular weight excluding hydrogens is 267 g/mol. The Balaban J connectivity index is 1.96. The second-order valence-electron chi connectivity index (χ2n) is 5.92. The molecule has 1 aliphatic rings. The van der Waals surface area contributed by atoms with Gasteiger partial charge in [0.2, 0.25) is 0 Å². The largest absolute Gasteiger partial charge is 0.384 e. The number of likely N-dealkylation sites (tertiary alicyclic amines) is 1. The zero-order valence-electron chi connectivity index (χ0n) is 12.8. The van der Waals surface area contributed by atoms with Gasteiger partial charge in [-0.05, 0) is 56.7 Å². The molecule has 1 aromatic rings. The fourth-order valence-electron chi connectivity index (χ4n) is 2.95. The summed E-state index contributed by atoms with van der Waals surface area (Å²) in [5.41, 5.74) is 1.54. The van der Waals surface area contributed by atoms with E-state index in [-0.39, 0.29) is 12.4 Å². The zero-order chi connectivity index (χ0) is 15.2. The van der Waals surface area contributed by atoms with E-state index in [1.807, 2.05) is 6.07 Å². The number of aliphatic hydroxyl groups is 1. The summed E-state index contributed by atoms with van der Waals surface area (Å²) in [6, 6.07) is 4.85. The van der Waals surface area contributed by atoms with Crippen LogP contribution in [0.4, 0.5) is 4.39 Å². The van der Waals surface area contributed by atoms with Crippen molar-refractivity contribution in [3.05, 3.63) is 35.1 Å². The minimum atomic E-state index is -0.274. The number of halogens is 1. The van der Waals surface area contributed by atoms with Crippen LogP contribution in [-0.4, -0.2) is 55.2 Å². The molecule has 0 spiro atoms. The molecule has 0 saturated carbocycles. The van der Waals surface area contributed by atoms with Crippen molar-refractivity contribution in [1.82, 2.24) is 9.80 Å². The maximum atomic E-state index is 13.6. The Morgan fingerprint density at radius 2 is 2.24 bits per heavy atom. The summed E-state index contributed by atoms with van der Waals surface area (Å²) < 4.78 is 13.6. The quantitative estimate of drug-likeness (QED) is 0.853. The van der Waals surface area contributed by atoms with Crippen LogP contribution in [0.2, 0.25) is 0 Å². The monoisotopic (exact) mass is 290 g/mol. The summed E-state index contributed by atoms with van der Waals surface area (Å²) in [6.45, 7) is 3.84. The van der Waals surface area contributed by atoms with Crippen molar-refractivity contribution < 1.29 is 9.50 Å². The molecule has 1 unspecified atom stereocenters. The first-order valence-corrected chi connectivity index (χ1v) is 7.33. The molecule has 1 atom stereocenters. The summed E-state index contributed by atoms with van der Waals surface area (Å²) in [4.78, 5) is 4.59. The van der Waals surface area contributed by atoms with Crippen LogP contribution in [0, 0.1) is 23.6 Å². The molecule has 1 heterocycles. The van der Waals surface area contributed by atoms with Gasteiger partial charge >= 0.3 is 0 Å². The first-order chi connectivity index (χ1) is 10.1. The van der Waals surface area contributed by atoms with Crippen LogP contribution in [0.25, 0.3) is 0 Å². The van der Waals surface area contributed by atoms with E-state index in [1.165, 1.54) is 19.0 Å². The average molecular weight is 290 g/mol. The first-order valence-electron chi connectivity index (χ1n) is 7.33. The molecule has 1 N–H and O–H groups in total. The topological polar surface area (TPSA) is 26.7 Å². The summed E-state index contributed by atoms with van der Waals surface area (Å²) in [6.07, 6.45) is 1.23. The molecule has 0 amide bonds. The van der Waals surface area contributed by atoms with Gasteiger partial charge in [-0.15, -0.1) is 0 Å². The van der Waals surface area contributed by atoms with Gasteiger partial charge in [0.15, 0.2) is 0 Å². The number of rotatable bonds is 4. The maximum Gasteiger partial charge on any atom is 0.124 e. The van der Waals surface area contributed by atoms with E-state index in [9.17, 15) is 4.39 Å². The third kappa shape index (κ3) is 5.13. The number of benzene rings is 1. The molecule has 0 bridgehead atoms. The molecule has 0 radical (unpaired) electrons. The molecular formula is C17H23FN2O. The predicted octanol–water partition coefficient (Wildman–Crippen LogP) is 1.55. The highest BCUT2D eigenvalue weighted by atomic mass is 19.1. The van der Waals surface area contributed by atoms with Crippen molar-refractivity contribution in [3.63, 3.8) is 0 Å². The van der Waals surface area contributed by atoms with Gasteiger partial charge < -0.3 is 14.9 Å². The van der Waals surface area contributed by atoms with Crippen LogP contribution in [0.5, 0.6) is 0 Å². The lowest BCUT2D eigenvalue weighted by molar-refractivity contribution is 0.267. The molecule has 2 rings (SSSR count). The van der Waals surface area contributed by atoms with Gasteiger partial charge in [-0.2, -0.15) is 0 Å². The van der Waals surface area contributed by atoms with Crippen molar-refractivity contribution in [1.29, 1.82) is 0 Å². The van der Waals surface area contributed by atoms with Gasteiger partial charge in [0, 0.05) is 25.2 Å². The summed E-state index contributed by atoms with van der Waals surface area (Å²) in [7, 11) is 4.22. The molecule has 4 heteroatoms. The van der Waals surface area contributed by atoms with Gasteiger partial charge in [-0.25, -0.2) is 4.39 Å². The van der Waals surface area contributed by atoms with Crippen molar-refractivity contribution >= 4 is 0 Å². The Bertz CT molecular complexity index is 535. The van der Waals surface area contributed by atoms with E-state index in [0.29, 0.717) is 18.0 Å². The number of aliphatic hydroxyl groups excluding tert-OH is 1. The molecule has 1 aliphatic heterocycles. The van der Waals surface area contributed by atoms with E-state index in [2.05, 4.69) is 35.7 Å². The van der Waals surface area contributed by atoms with E-state index >= 15 is 0 Å². The number of hydrogen-bond acceptors (Lipinski definition) is 3. The molecule has 21 heavy (non-hydrogen) atoms. The van der Waals surface area contributed by atoms with Crippen LogP contribution in [0.1, 0.15) is 17.5 Å². The van der Waals surface area contributed by atoms with Gasteiger partial charge in [-0.1, -0.05) is 11.8 Å². The van der Waals surface area contributed by atoms with Crippen LogP contribution in [-0.2, 0) is 6.54 Å². The second kappa shape index (κ2) is 7.56. The molecule has 0 aromatic heterocycles. The minimum absolute atomic E-state index is 0.207. The highest BCUT2D eigenvalue weighted by Crippen LogP contribution is 2.17. The molecule has 1 aromatic carbocycles. The molecule has 3 nitrogen and oxygen atoms in total. The van der Waals surface area contributed by atoms with Gasteiger partial charge in [0.25, 0.3) is 0 Å². The Labute approximate surface area is 126 Å². The van der Waals surface area contributed by atoms with Crippen LogP contribution >= 0.6 is 0 Å². The van der Waals surface area contributed by atoms with Crippen LogP contribution in [0.15, 0.2) is 18.2 Å². The van der Waals surface area contributed by atoms with Gasteiger partial charge in [0.1, 0.15) is 12.4 Å². The Kier molecular flexibility index (Phi) is 5.75. The molecule has 1 saturated heterocycles. The average Bonchev–Trinajstić information content (AvgIpc) is 2.80.